The quantitative estimate of drug-likeness (QED) is 0.619. The lowest BCUT2D eigenvalue weighted by atomic mass is 10.1. The molecule has 3 nitrogen and oxygen atoms in total. The highest BCUT2D eigenvalue weighted by molar-refractivity contribution is 5.79. The number of hydrogen-bond acceptors (Lipinski definition) is 3. The van der Waals surface area contributed by atoms with Crippen LogP contribution in [-0.4, -0.2) is 42.5 Å². The molecule has 0 atom stereocenters. The summed E-state index contributed by atoms with van der Waals surface area (Å²) in [6.45, 7) is 6.18. The molecule has 0 aliphatic rings. The largest absolute Gasteiger partial charge is 0.298 e. The van der Waals surface area contributed by atoms with Gasteiger partial charge < -0.3 is 0 Å². The van der Waals surface area contributed by atoms with Crippen molar-refractivity contribution in [2.75, 3.05) is 26.7 Å². The molecule has 1 aromatic rings. The summed E-state index contributed by atoms with van der Waals surface area (Å²) in [6, 6.07) is 6.70. The van der Waals surface area contributed by atoms with E-state index in [0.29, 0.717) is 13.0 Å². The van der Waals surface area contributed by atoms with Crippen LogP contribution in [0.5, 0.6) is 0 Å². The molecule has 0 N–H and O–H groups in total. The Bertz CT molecular complexity index is 437. The first kappa shape index (κ1) is 17.8. The van der Waals surface area contributed by atoms with Crippen LogP contribution >= 0.6 is 0 Å². The standard InChI is InChI=1S/C17H27FN2O/c1-4-6-11-20(14-17(21)5-2)19(3)12-10-15-8-7-9-16(18)13-15/h7-9,13H,4-6,10-12,14H2,1-3H3. The molecule has 0 aliphatic carbocycles. The summed E-state index contributed by atoms with van der Waals surface area (Å²) < 4.78 is 13.2. The number of benzene rings is 1. The lowest BCUT2D eigenvalue weighted by molar-refractivity contribution is -0.124. The van der Waals surface area contributed by atoms with Gasteiger partial charge in [0.1, 0.15) is 11.6 Å². The van der Waals surface area contributed by atoms with Crippen LogP contribution in [0.15, 0.2) is 24.3 Å². The number of rotatable bonds is 10. The van der Waals surface area contributed by atoms with Crippen molar-refractivity contribution in [3.8, 4) is 0 Å². The summed E-state index contributed by atoms with van der Waals surface area (Å²) in [6.07, 6.45) is 3.52. The highest BCUT2D eigenvalue weighted by Gasteiger charge is 2.14. The fourth-order valence-electron chi connectivity index (χ4n) is 2.15. The molecule has 4 heteroatoms. The van der Waals surface area contributed by atoms with Gasteiger partial charge in [0.05, 0.1) is 6.54 Å². The van der Waals surface area contributed by atoms with E-state index in [0.717, 1.165) is 37.9 Å². The van der Waals surface area contributed by atoms with Crippen molar-refractivity contribution in [1.29, 1.82) is 0 Å². The molecule has 0 amide bonds. The number of carbonyl (C=O) groups is 1. The van der Waals surface area contributed by atoms with Gasteiger partial charge in [0.15, 0.2) is 0 Å². The molecule has 0 radical (unpaired) electrons. The van der Waals surface area contributed by atoms with Crippen molar-refractivity contribution in [3.05, 3.63) is 35.6 Å². The SMILES string of the molecule is CCCCN(CC(=O)CC)N(C)CCc1cccc(F)c1. The lowest BCUT2D eigenvalue weighted by Gasteiger charge is -2.31. The summed E-state index contributed by atoms with van der Waals surface area (Å²) in [5.74, 6) is 0.0582. The Kier molecular flexibility index (Phi) is 8.16. The van der Waals surface area contributed by atoms with Crippen LogP contribution in [0.3, 0.4) is 0 Å². The number of carbonyl (C=O) groups excluding carboxylic acids is 1. The van der Waals surface area contributed by atoms with E-state index in [1.165, 1.54) is 6.07 Å². The summed E-state index contributed by atoms with van der Waals surface area (Å²) >= 11 is 0. The highest BCUT2D eigenvalue weighted by atomic mass is 19.1. The van der Waals surface area contributed by atoms with Gasteiger partial charge in [0.2, 0.25) is 0 Å². The van der Waals surface area contributed by atoms with E-state index >= 15 is 0 Å². The van der Waals surface area contributed by atoms with E-state index in [4.69, 9.17) is 0 Å². The van der Waals surface area contributed by atoms with Gasteiger partial charge >= 0.3 is 0 Å². The van der Waals surface area contributed by atoms with Crippen molar-refractivity contribution >= 4 is 5.78 Å². The molecular formula is C17H27FN2O. The second kappa shape index (κ2) is 9.64. The van der Waals surface area contributed by atoms with E-state index < -0.39 is 0 Å². The topological polar surface area (TPSA) is 23.6 Å². The van der Waals surface area contributed by atoms with Crippen LogP contribution in [0.1, 0.15) is 38.7 Å². The fourth-order valence-corrected chi connectivity index (χ4v) is 2.15. The molecule has 0 saturated heterocycles. The Morgan fingerprint density at radius 3 is 2.62 bits per heavy atom. The molecule has 0 unspecified atom stereocenters. The zero-order valence-corrected chi connectivity index (χ0v) is 13.4. The maximum Gasteiger partial charge on any atom is 0.148 e. The Labute approximate surface area is 127 Å². The van der Waals surface area contributed by atoms with Crippen molar-refractivity contribution < 1.29 is 9.18 Å². The third-order valence-electron chi connectivity index (χ3n) is 3.62. The molecule has 118 valence electrons. The Morgan fingerprint density at radius 1 is 1.24 bits per heavy atom. The minimum absolute atomic E-state index is 0.195. The van der Waals surface area contributed by atoms with Gasteiger partial charge in [0.25, 0.3) is 0 Å². The second-order valence-electron chi connectivity index (χ2n) is 5.40. The first-order valence-corrected chi connectivity index (χ1v) is 7.79. The highest BCUT2D eigenvalue weighted by Crippen LogP contribution is 2.07. The van der Waals surface area contributed by atoms with E-state index in [1.807, 2.05) is 20.0 Å². The first-order chi connectivity index (χ1) is 10.1. The Hall–Kier alpha value is -1.26. The van der Waals surface area contributed by atoms with Gasteiger partial charge in [-0.1, -0.05) is 32.4 Å². The van der Waals surface area contributed by atoms with Crippen molar-refractivity contribution in [1.82, 2.24) is 10.0 Å². The summed E-state index contributed by atoms with van der Waals surface area (Å²) in [5.41, 5.74) is 0.985. The summed E-state index contributed by atoms with van der Waals surface area (Å²) in [4.78, 5) is 11.7. The number of nitrogens with zero attached hydrogens (tertiary/aromatic N) is 2. The molecule has 0 spiro atoms. The van der Waals surface area contributed by atoms with Crippen LogP contribution < -0.4 is 0 Å². The van der Waals surface area contributed by atoms with Crippen LogP contribution in [0.4, 0.5) is 4.39 Å². The number of hydrazine groups is 1. The van der Waals surface area contributed by atoms with Crippen LogP contribution in [0.25, 0.3) is 0 Å². The smallest absolute Gasteiger partial charge is 0.148 e. The number of halogens is 1. The zero-order chi connectivity index (χ0) is 15.7. The monoisotopic (exact) mass is 294 g/mol. The van der Waals surface area contributed by atoms with Gasteiger partial charge in [-0.15, -0.1) is 0 Å². The summed E-state index contributed by atoms with van der Waals surface area (Å²) in [5, 5.41) is 4.20. The van der Waals surface area contributed by atoms with Crippen molar-refractivity contribution in [3.63, 3.8) is 0 Å². The fraction of sp³-hybridized carbons (Fsp3) is 0.588. The van der Waals surface area contributed by atoms with Crippen molar-refractivity contribution in [2.45, 2.75) is 39.5 Å². The molecular weight excluding hydrogens is 267 g/mol. The molecule has 0 aromatic heterocycles. The van der Waals surface area contributed by atoms with Crippen LogP contribution in [-0.2, 0) is 11.2 Å². The normalized spacial score (nSPS) is 11.3. The zero-order valence-electron chi connectivity index (χ0n) is 13.4. The van der Waals surface area contributed by atoms with Gasteiger partial charge in [0, 0.05) is 26.6 Å². The van der Waals surface area contributed by atoms with Crippen LogP contribution in [0, 0.1) is 5.82 Å². The van der Waals surface area contributed by atoms with E-state index in [-0.39, 0.29) is 11.6 Å². The molecule has 21 heavy (non-hydrogen) atoms. The van der Waals surface area contributed by atoms with E-state index in [1.54, 1.807) is 12.1 Å². The minimum atomic E-state index is -0.195. The van der Waals surface area contributed by atoms with E-state index in [9.17, 15) is 9.18 Å². The predicted molar refractivity (Wildman–Crippen MR) is 84.5 cm³/mol. The maximum absolute atomic E-state index is 13.2. The van der Waals surface area contributed by atoms with Gasteiger partial charge in [-0.25, -0.2) is 14.4 Å². The second-order valence-corrected chi connectivity index (χ2v) is 5.40. The average molecular weight is 294 g/mol. The van der Waals surface area contributed by atoms with Crippen LogP contribution in [0.2, 0.25) is 0 Å². The number of hydrogen-bond donors (Lipinski definition) is 0. The molecule has 0 fully saturated rings. The summed E-state index contributed by atoms with van der Waals surface area (Å²) in [7, 11) is 2.00. The number of Topliss-reactive ketones (excluding diaryl/α,β-unsaturated/α-hetero) is 1. The molecule has 0 saturated carbocycles. The number of likely N-dealkylation sites (N-methyl/N-ethyl adjacent to an activating group) is 1. The molecule has 0 aliphatic heterocycles. The third-order valence-corrected chi connectivity index (χ3v) is 3.62. The molecule has 0 bridgehead atoms. The number of ketones is 1. The number of unbranched alkanes of at least 4 members (excludes halogenated alkanes) is 1. The third kappa shape index (κ3) is 6.82. The van der Waals surface area contributed by atoms with E-state index in [2.05, 4.69) is 16.9 Å². The predicted octanol–water partition coefficient (Wildman–Crippen LogP) is 3.30. The average Bonchev–Trinajstić information content (AvgIpc) is 2.48. The minimum Gasteiger partial charge on any atom is -0.298 e. The van der Waals surface area contributed by atoms with Gasteiger partial charge in [-0.2, -0.15) is 0 Å². The first-order valence-electron chi connectivity index (χ1n) is 7.79. The van der Waals surface area contributed by atoms with Crippen molar-refractivity contribution in [2.24, 2.45) is 0 Å². The molecule has 1 aromatic carbocycles. The lowest BCUT2D eigenvalue weighted by Crippen LogP contribution is -2.44. The Morgan fingerprint density at radius 2 is 2.00 bits per heavy atom. The Balaban J connectivity index is 2.54. The molecule has 0 heterocycles. The van der Waals surface area contributed by atoms with Gasteiger partial charge in [-0.3, -0.25) is 4.79 Å². The maximum atomic E-state index is 13.2. The molecule has 1 rings (SSSR count). The van der Waals surface area contributed by atoms with Gasteiger partial charge in [-0.05, 0) is 30.5 Å².